The summed E-state index contributed by atoms with van der Waals surface area (Å²) in [7, 11) is -2.07. The van der Waals surface area contributed by atoms with Crippen LogP contribution in [0, 0.1) is 0 Å². The number of sulfonamides is 1. The summed E-state index contributed by atoms with van der Waals surface area (Å²) in [4.78, 5) is 26.9. The van der Waals surface area contributed by atoms with Crippen LogP contribution >= 0.6 is 15.9 Å². The van der Waals surface area contributed by atoms with Gasteiger partial charge in [0.25, 0.3) is 0 Å². The number of halogens is 1. The van der Waals surface area contributed by atoms with Crippen LogP contribution in [0.15, 0.2) is 46.9 Å². The first-order valence-corrected chi connectivity index (χ1v) is 13.4. The summed E-state index contributed by atoms with van der Waals surface area (Å²) in [6.07, 6.45) is 1.47. The Bertz CT molecular complexity index is 1160. The van der Waals surface area contributed by atoms with Crippen LogP contribution in [0.5, 0.6) is 11.5 Å². The molecule has 2 aromatic rings. The quantitative estimate of drug-likeness (QED) is 0.485. The molecule has 11 heteroatoms. The lowest BCUT2D eigenvalue weighted by atomic mass is 10.1. The van der Waals surface area contributed by atoms with Gasteiger partial charge in [0, 0.05) is 37.1 Å². The Balaban J connectivity index is 1.72. The molecule has 2 aromatic carbocycles. The summed E-state index contributed by atoms with van der Waals surface area (Å²) >= 11 is 3.42. The van der Waals surface area contributed by atoms with Crippen LogP contribution in [-0.4, -0.2) is 57.8 Å². The third kappa shape index (κ3) is 6.41. The highest BCUT2D eigenvalue weighted by Gasteiger charge is 2.26. The van der Waals surface area contributed by atoms with Crippen molar-refractivity contribution < 1.29 is 27.5 Å². The van der Waals surface area contributed by atoms with E-state index in [0.29, 0.717) is 17.2 Å². The molecule has 0 saturated heterocycles. The normalized spacial score (nSPS) is 13.3. The van der Waals surface area contributed by atoms with Gasteiger partial charge in [0.05, 0.1) is 11.9 Å². The van der Waals surface area contributed by atoms with Gasteiger partial charge < -0.3 is 19.7 Å². The fraction of sp³-hybridized carbons (Fsp3) is 0.391. The minimum atomic E-state index is -3.60. The number of carbonyl (C=O) groups is 2. The molecule has 1 aliphatic rings. The first-order chi connectivity index (χ1) is 16.1. The lowest BCUT2D eigenvalue weighted by molar-refractivity contribution is -0.140. The maximum absolute atomic E-state index is 13.1. The van der Waals surface area contributed by atoms with Gasteiger partial charge >= 0.3 is 0 Å². The van der Waals surface area contributed by atoms with Crippen molar-refractivity contribution in [2.45, 2.75) is 32.4 Å². The molecular formula is C23H28BrN3O6S. The molecule has 1 atom stereocenters. The van der Waals surface area contributed by atoms with Gasteiger partial charge in [-0.1, -0.05) is 28.1 Å². The number of nitrogens with one attached hydrogen (secondary N) is 1. The maximum Gasteiger partial charge on any atom is 0.242 e. The summed E-state index contributed by atoms with van der Waals surface area (Å²) in [5.74, 6) is 0.511. The van der Waals surface area contributed by atoms with E-state index < -0.39 is 16.1 Å². The lowest BCUT2D eigenvalue weighted by Crippen LogP contribution is -2.46. The van der Waals surface area contributed by atoms with Crippen LogP contribution in [0.4, 0.5) is 5.69 Å². The van der Waals surface area contributed by atoms with E-state index in [-0.39, 0.29) is 44.5 Å². The number of nitrogens with zero attached hydrogens (tertiary/aromatic N) is 2. The average molecular weight is 554 g/mol. The predicted molar refractivity (Wildman–Crippen MR) is 132 cm³/mol. The van der Waals surface area contributed by atoms with Gasteiger partial charge in [-0.2, -0.15) is 0 Å². The number of ether oxygens (including phenoxy) is 2. The van der Waals surface area contributed by atoms with E-state index in [4.69, 9.17) is 9.47 Å². The molecule has 0 fully saturated rings. The first kappa shape index (κ1) is 25.8. The number of likely N-dealkylation sites (N-methyl/N-ethyl adjacent to an activating group) is 1. The molecule has 9 nitrogen and oxygen atoms in total. The SMILES string of the molecule is CNC(=O)[C@@H](C)N(Cc1cccc(Br)c1)C(=O)CCCN(c1ccc2c(c1)OCO2)S(C)(=O)=O. The third-order valence-corrected chi connectivity index (χ3v) is 7.14. The molecule has 0 aromatic heterocycles. The Morgan fingerprint density at radius 1 is 1.15 bits per heavy atom. The fourth-order valence-electron chi connectivity index (χ4n) is 3.67. The minimum absolute atomic E-state index is 0.0753. The number of benzene rings is 2. The molecule has 2 amide bonds. The standard InChI is InChI=1S/C23H28BrN3O6S/c1-16(23(29)25-2)26(14-17-6-4-7-18(24)12-17)22(28)8-5-11-27(34(3,30)31)19-9-10-20-21(13-19)33-15-32-20/h4,6-7,9-10,12-13,16H,5,8,11,14-15H2,1-3H3,(H,25,29)/t16-/m1/s1. The molecule has 0 bridgehead atoms. The Morgan fingerprint density at radius 2 is 1.88 bits per heavy atom. The Labute approximate surface area is 208 Å². The highest BCUT2D eigenvalue weighted by Crippen LogP contribution is 2.36. The minimum Gasteiger partial charge on any atom is -0.454 e. The number of anilines is 1. The Kier molecular flexibility index (Phi) is 8.42. The van der Waals surface area contributed by atoms with Crippen LogP contribution in [0.2, 0.25) is 0 Å². The fourth-order valence-corrected chi connectivity index (χ4v) is 5.07. The van der Waals surface area contributed by atoms with Crippen molar-refractivity contribution in [3.05, 3.63) is 52.5 Å². The van der Waals surface area contributed by atoms with E-state index in [0.717, 1.165) is 16.3 Å². The Hall–Kier alpha value is -2.79. The van der Waals surface area contributed by atoms with E-state index >= 15 is 0 Å². The van der Waals surface area contributed by atoms with Gasteiger partial charge in [0.1, 0.15) is 6.04 Å². The van der Waals surface area contributed by atoms with E-state index in [9.17, 15) is 18.0 Å². The number of carbonyl (C=O) groups excluding carboxylic acids is 2. The molecule has 184 valence electrons. The van der Waals surface area contributed by atoms with Gasteiger partial charge in [-0.3, -0.25) is 13.9 Å². The van der Waals surface area contributed by atoms with E-state index in [2.05, 4.69) is 21.2 Å². The number of rotatable bonds is 10. The van der Waals surface area contributed by atoms with Crippen molar-refractivity contribution >= 4 is 43.5 Å². The average Bonchev–Trinajstić information content (AvgIpc) is 3.26. The second-order valence-corrected chi connectivity index (χ2v) is 10.7. The topological polar surface area (TPSA) is 105 Å². The molecule has 0 saturated carbocycles. The summed E-state index contributed by atoms with van der Waals surface area (Å²) in [5, 5.41) is 2.58. The second-order valence-electron chi connectivity index (χ2n) is 7.92. The highest BCUT2D eigenvalue weighted by molar-refractivity contribution is 9.10. The number of amides is 2. The van der Waals surface area contributed by atoms with Gasteiger partial charge in [0.15, 0.2) is 11.5 Å². The van der Waals surface area contributed by atoms with Crippen molar-refractivity contribution in [3.63, 3.8) is 0 Å². The van der Waals surface area contributed by atoms with Gasteiger partial charge in [-0.25, -0.2) is 8.42 Å². The number of hydrogen-bond acceptors (Lipinski definition) is 6. The van der Waals surface area contributed by atoms with Gasteiger partial charge in [-0.15, -0.1) is 0 Å². The van der Waals surface area contributed by atoms with Crippen molar-refractivity contribution in [2.75, 3.05) is 30.9 Å². The first-order valence-electron chi connectivity index (χ1n) is 10.7. The molecule has 1 heterocycles. The van der Waals surface area contributed by atoms with Gasteiger partial charge in [0.2, 0.25) is 28.6 Å². The molecule has 0 aliphatic carbocycles. The zero-order valence-electron chi connectivity index (χ0n) is 19.3. The molecule has 0 radical (unpaired) electrons. The lowest BCUT2D eigenvalue weighted by Gasteiger charge is -2.29. The summed E-state index contributed by atoms with van der Waals surface area (Å²) in [6, 6.07) is 11.7. The summed E-state index contributed by atoms with van der Waals surface area (Å²) in [6.45, 7) is 2.11. The largest absolute Gasteiger partial charge is 0.454 e. The van der Waals surface area contributed by atoms with Gasteiger partial charge in [-0.05, 0) is 43.2 Å². The van der Waals surface area contributed by atoms with Crippen LogP contribution in [0.3, 0.4) is 0 Å². The van der Waals surface area contributed by atoms with Crippen molar-refractivity contribution in [1.82, 2.24) is 10.2 Å². The van der Waals surface area contributed by atoms with Crippen molar-refractivity contribution in [2.24, 2.45) is 0 Å². The number of fused-ring (bicyclic) bond motifs is 1. The van der Waals surface area contributed by atoms with Crippen molar-refractivity contribution in [1.29, 1.82) is 0 Å². The maximum atomic E-state index is 13.1. The summed E-state index contributed by atoms with van der Waals surface area (Å²) < 4.78 is 37.7. The van der Waals surface area contributed by atoms with Crippen LogP contribution in [0.25, 0.3) is 0 Å². The van der Waals surface area contributed by atoms with E-state index in [1.54, 1.807) is 25.1 Å². The van der Waals surface area contributed by atoms with Crippen LogP contribution in [-0.2, 0) is 26.2 Å². The third-order valence-electron chi connectivity index (χ3n) is 5.45. The smallest absolute Gasteiger partial charge is 0.242 e. The second kappa shape index (κ2) is 11.1. The summed E-state index contributed by atoms with van der Waals surface area (Å²) in [5.41, 5.74) is 1.31. The molecular weight excluding hydrogens is 526 g/mol. The predicted octanol–water partition coefficient (Wildman–Crippen LogP) is 2.89. The van der Waals surface area contributed by atoms with E-state index in [1.165, 1.54) is 16.3 Å². The molecule has 1 aliphatic heterocycles. The molecule has 3 rings (SSSR count). The molecule has 0 spiro atoms. The zero-order chi connectivity index (χ0) is 24.9. The molecule has 0 unspecified atom stereocenters. The number of hydrogen-bond donors (Lipinski definition) is 1. The van der Waals surface area contributed by atoms with Crippen LogP contribution in [0.1, 0.15) is 25.3 Å². The highest BCUT2D eigenvalue weighted by atomic mass is 79.9. The Morgan fingerprint density at radius 3 is 2.56 bits per heavy atom. The molecule has 1 N–H and O–H groups in total. The van der Waals surface area contributed by atoms with E-state index in [1.807, 2.05) is 24.3 Å². The molecule has 34 heavy (non-hydrogen) atoms. The van der Waals surface area contributed by atoms with Crippen LogP contribution < -0.4 is 19.1 Å². The monoisotopic (exact) mass is 553 g/mol. The van der Waals surface area contributed by atoms with Crippen molar-refractivity contribution in [3.8, 4) is 11.5 Å². The zero-order valence-corrected chi connectivity index (χ0v) is 21.7.